The molecule has 2 rings (SSSR count). The monoisotopic (exact) mass is 296 g/mol. The minimum Gasteiger partial charge on any atom is -0.444 e. The molecule has 0 aromatic heterocycles. The highest BCUT2D eigenvalue weighted by Crippen LogP contribution is 2.27. The van der Waals surface area contributed by atoms with Gasteiger partial charge >= 0.3 is 6.09 Å². The van der Waals surface area contributed by atoms with Gasteiger partial charge in [0.2, 0.25) is 0 Å². The fraction of sp³-hybridized carbons (Fsp3) is 0.941. The Morgan fingerprint density at radius 2 is 1.81 bits per heavy atom. The van der Waals surface area contributed by atoms with Crippen molar-refractivity contribution in [3.8, 4) is 0 Å². The molecule has 0 N–H and O–H groups in total. The first-order valence-corrected chi connectivity index (χ1v) is 8.61. The van der Waals surface area contributed by atoms with Crippen molar-refractivity contribution in [2.45, 2.75) is 71.4 Å². The molecule has 0 spiro atoms. The molecular formula is C17H32N2O2. The average Bonchev–Trinajstić information content (AvgIpc) is 2.34. The lowest BCUT2D eigenvalue weighted by molar-refractivity contribution is 0.0151. The molecule has 0 aromatic carbocycles. The first-order chi connectivity index (χ1) is 9.89. The van der Waals surface area contributed by atoms with Gasteiger partial charge in [-0.05, 0) is 58.9 Å². The minimum atomic E-state index is -0.392. The fourth-order valence-corrected chi connectivity index (χ4v) is 3.24. The number of carbonyl (C=O) groups is 1. The molecule has 122 valence electrons. The standard InChI is InChI=1S/C17H32N2O2/c1-5-18(15-7-6-8-15)13-14-9-11-19(12-10-14)16(20)21-17(2,3)4/h14-15H,5-13H2,1-4H3. The van der Waals surface area contributed by atoms with Gasteiger partial charge in [0.25, 0.3) is 0 Å². The van der Waals surface area contributed by atoms with Crippen LogP contribution in [0.1, 0.15) is 59.8 Å². The zero-order valence-corrected chi connectivity index (χ0v) is 14.2. The summed E-state index contributed by atoms with van der Waals surface area (Å²) in [6.07, 6.45) is 6.24. The van der Waals surface area contributed by atoms with Crippen molar-refractivity contribution in [1.29, 1.82) is 0 Å². The summed E-state index contributed by atoms with van der Waals surface area (Å²) in [6, 6.07) is 0.832. The second-order valence-electron chi connectivity index (χ2n) is 7.58. The first kappa shape index (κ1) is 16.6. The van der Waals surface area contributed by atoms with Crippen molar-refractivity contribution in [2.75, 3.05) is 26.2 Å². The van der Waals surface area contributed by atoms with Crippen molar-refractivity contribution in [1.82, 2.24) is 9.80 Å². The van der Waals surface area contributed by atoms with Crippen LogP contribution in [0.3, 0.4) is 0 Å². The van der Waals surface area contributed by atoms with Gasteiger partial charge in [-0.15, -0.1) is 0 Å². The lowest BCUT2D eigenvalue weighted by atomic mass is 9.89. The zero-order valence-electron chi connectivity index (χ0n) is 14.2. The molecule has 0 bridgehead atoms. The lowest BCUT2D eigenvalue weighted by Gasteiger charge is -2.41. The van der Waals surface area contributed by atoms with E-state index in [2.05, 4.69) is 11.8 Å². The summed E-state index contributed by atoms with van der Waals surface area (Å²) in [5.74, 6) is 0.740. The number of piperidine rings is 1. The number of rotatable bonds is 4. The highest BCUT2D eigenvalue weighted by atomic mass is 16.6. The second-order valence-corrected chi connectivity index (χ2v) is 7.58. The molecule has 0 aromatic rings. The summed E-state index contributed by atoms with van der Waals surface area (Å²) in [6.45, 7) is 12.1. The number of hydrogen-bond donors (Lipinski definition) is 0. The van der Waals surface area contributed by atoms with Gasteiger partial charge in [0.15, 0.2) is 0 Å². The molecule has 4 heteroatoms. The highest BCUT2D eigenvalue weighted by molar-refractivity contribution is 5.68. The van der Waals surface area contributed by atoms with Crippen LogP contribution in [0.2, 0.25) is 0 Å². The highest BCUT2D eigenvalue weighted by Gasteiger charge is 2.30. The summed E-state index contributed by atoms with van der Waals surface area (Å²) in [7, 11) is 0. The molecule has 0 radical (unpaired) electrons. The third-order valence-electron chi connectivity index (χ3n) is 4.76. The minimum absolute atomic E-state index is 0.146. The smallest absolute Gasteiger partial charge is 0.410 e. The third-order valence-corrected chi connectivity index (χ3v) is 4.76. The van der Waals surface area contributed by atoms with Crippen LogP contribution in [0, 0.1) is 5.92 Å². The van der Waals surface area contributed by atoms with E-state index in [1.807, 2.05) is 25.7 Å². The Morgan fingerprint density at radius 1 is 1.19 bits per heavy atom. The van der Waals surface area contributed by atoms with Crippen LogP contribution in [-0.4, -0.2) is 53.7 Å². The SMILES string of the molecule is CCN(CC1CCN(C(=O)OC(C)(C)C)CC1)C1CCC1. The van der Waals surface area contributed by atoms with Gasteiger partial charge in [-0.25, -0.2) is 4.79 Å². The Kier molecular flexibility index (Phi) is 5.53. The predicted octanol–water partition coefficient (Wildman–Crippen LogP) is 3.51. The van der Waals surface area contributed by atoms with Gasteiger partial charge in [0, 0.05) is 25.7 Å². The summed E-state index contributed by atoms with van der Waals surface area (Å²) < 4.78 is 5.46. The van der Waals surface area contributed by atoms with Crippen molar-refractivity contribution in [3.63, 3.8) is 0 Å². The Bertz CT molecular complexity index is 339. The van der Waals surface area contributed by atoms with E-state index < -0.39 is 5.60 Å². The second kappa shape index (κ2) is 6.99. The van der Waals surface area contributed by atoms with E-state index in [0.717, 1.165) is 44.4 Å². The van der Waals surface area contributed by atoms with Crippen LogP contribution in [0.5, 0.6) is 0 Å². The Hall–Kier alpha value is -0.770. The van der Waals surface area contributed by atoms with Crippen LogP contribution >= 0.6 is 0 Å². The third kappa shape index (κ3) is 4.87. The van der Waals surface area contributed by atoms with E-state index in [1.165, 1.54) is 25.8 Å². The summed E-state index contributed by atoms with van der Waals surface area (Å²) in [4.78, 5) is 16.6. The van der Waals surface area contributed by atoms with Gasteiger partial charge in [0.1, 0.15) is 5.60 Å². The number of hydrogen-bond acceptors (Lipinski definition) is 3. The van der Waals surface area contributed by atoms with E-state index in [-0.39, 0.29) is 6.09 Å². The van der Waals surface area contributed by atoms with Crippen molar-refractivity contribution in [2.24, 2.45) is 5.92 Å². The van der Waals surface area contributed by atoms with Crippen LogP contribution < -0.4 is 0 Å². The van der Waals surface area contributed by atoms with E-state index in [0.29, 0.717) is 0 Å². The molecule has 1 amide bonds. The molecule has 21 heavy (non-hydrogen) atoms. The van der Waals surface area contributed by atoms with Crippen molar-refractivity contribution < 1.29 is 9.53 Å². The molecule has 1 saturated carbocycles. The van der Waals surface area contributed by atoms with Crippen molar-refractivity contribution >= 4 is 6.09 Å². The maximum absolute atomic E-state index is 12.1. The molecule has 2 fully saturated rings. The molecule has 1 aliphatic heterocycles. The Morgan fingerprint density at radius 3 is 2.24 bits per heavy atom. The van der Waals surface area contributed by atoms with E-state index >= 15 is 0 Å². The van der Waals surface area contributed by atoms with Gasteiger partial charge in [-0.2, -0.15) is 0 Å². The number of ether oxygens (including phenoxy) is 1. The average molecular weight is 296 g/mol. The zero-order chi connectivity index (χ0) is 15.5. The molecule has 0 atom stereocenters. The Balaban J connectivity index is 1.73. The Labute approximate surface area is 129 Å². The summed E-state index contributed by atoms with van der Waals surface area (Å²) in [5.41, 5.74) is -0.392. The molecule has 1 saturated heterocycles. The van der Waals surface area contributed by atoms with Gasteiger partial charge < -0.3 is 14.5 Å². The lowest BCUT2D eigenvalue weighted by Crippen LogP contribution is -2.46. The molecular weight excluding hydrogens is 264 g/mol. The van der Waals surface area contributed by atoms with Crippen LogP contribution in [0.15, 0.2) is 0 Å². The van der Waals surface area contributed by atoms with Gasteiger partial charge in [-0.3, -0.25) is 0 Å². The summed E-state index contributed by atoms with van der Waals surface area (Å²) >= 11 is 0. The normalized spacial score (nSPS) is 21.5. The van der Waals surface area contributed by atoms with Crippen LogP contribution in [-0.2, 0) is 4.74 Å². The fourth-order valence-electron chi connectivity index (χ4n) is 3.24. The van der Waals surface area contributed by atoms with Crippen LogP contribution in [0.4, 0.5) is 4.79 Å². The maximum Gasteiger partial charge on any atom is 0.410 e. The van der Waals surface area contributed by atoms with Crippen molar-refractivity contribution in [3.05, 3.63) is 0 Å². The van der Waals surface area contributed by atoms with Crippen LogP contribution in [0.25, 0.3) is 0 Å². The van der Waals surface area contributed by atoms with Gasteiger partial charge in [-0.1, -0.05) is 13.3 Å². The topological polar surface area (TPSA) is 32.8 Å². The molecule has 2 aliphatic rings. The quantitative estimate of drug-likeness (QED) is 0.796. The largest absolute Gasteiger partial charge is 0.444 e. The van der Waals surface area contributed by atoms with E-state index in [1.54, 1.807) is 0 Å². The first-order valence-electron chi connectivity index (χ1n) is 8.61. The van der Waals surface area contributed by atoms with Gasteiger partial charge in [0.05, 0.1) is 0 Å². The number of nitrogens with zero attached hydrogens (tertiary/aromatic N) is 2. The van der Waals surface area contributed by atoms with E-state index in [9.17, 15) is 4.79 Å². The van der Waals surface area contributed by atoms with E-state index in [4.69, 9.17) is 4.74 Å². The molecule has 4 nitrogen and oxygen atoms in total. The molecule has 1 aliphatic carbocycles. The summed E-state index contributed by atoms with van der Waals surface area (Å²) in [5, 5.41) is 0. The number of carbonyl (C=O) groups excluding carboxylic acids is 1. The number of likely N-dealkylation sites (tertiary alicyclic amines) is 1. The number of amides is 1. The predicted molar refractivity (Wildman–Crippen MR) is 85.4 cm³/mol. The molecule has 1 heterocycles. The molecule has 0 unspecified atom stereocenters. The maximum atomic E-state index is 12.1.